The average Bonchev–Trinajstić information content (AvgIpc) is 2.57. The SMILES string of the molecule is CCCN(CC(=O)Nc1ccc(Cl)cc1Cl)C(=O)C1=COCCO1. The Morgan fingerprint density at radius 1 is 1.29 bits per heavy atom. The molecule has 130 valence electrons. The zero-order valence-corrected chi connectivity index (χ0v) is 14.7. The lowest BCUT2D eigenvalue weighted by atomic mass is 10.3. The molecule has 0 unspecified atom stereocenters. The molecule has 1 aliphatic heterocycles. The van der Waals surface area contributed by atoms with E-state index >= 15 is 0 Å². The fourth-order valence-electron chi connectivity index (χ4n) is 2.11. The number of rotatable bonds is 6. The maximum Gasteiger partial charge on any atom is 0.292 e. The Morgan fingerprint density at radius 2 is 2.08 bits per heavy atom. The molecule has 0 saturated carbocycles. The molecule has 1 aromatic rings. The summed E-state index contributed by atoms with van der Waals surface area (Å²) in [4.78, 5) is 26.1. The fraction of sp³-hybridized carbons (Fsp3) is 0.375. The van der Waals surface area contributed by atoms with Gasteiger partial charge in [-0.1, -0.05) is 30.1 Å². The highest BCUT2D eigenvalue weighted by molar-refractivity contribution is 6.36. The van der Waals surface area contributed by atoms with Gasteiger partial charge in [-0.25, -0.2) is 0 Å². The number of carbonyl (C=O) groups excluding carboxylic acids is 2. The van der Waals surface area contributed by atoms with Crippen molar-refractivity contribution in [3.05, 3.63) is 40.3 Å². The van der Waals surface area contributed by atoms with Crippen LogP contribution in [0.1, 0.15) is 13.3 Å². The largest absolute Gasteiger partial charge is 0.494 e. The van der Waals surface area contributed by atoms with Gasteiger partial charge < -0.3 is 19.7 Å². The summed E-state index contributed by atoms with van der Waals surface area (Å²) in [5.74, 6) is -0.640. The lowest BCUT2D eigenvalue weighted by molar-refractivity contribution is -0.135. The van der Waals surface area contributed by atoms with Crippen molar-refractivity contribution in [1.82, 2.24) is 4.90 Å². The summed E-state index contributed by atoms with van der Waals surface area (Å²) in [5, 5.41) is 3.47. The maximum absolute atomic E-state index is 12.4. The molecule has 6 nitrogen and oxygen atoms in total. The number of nitrogens with zero attached hydrogens (tertiary/aromatic N) is 1. The highest BCUT2D eigenvalue weighted by Crippen LogP contribution is 2.25. The van der Waals surface area contributed by atoms with Crippen LogP contribution in [0.15, 0.2) is 30.2 Å². The number of benzene rings is 1. The van der Waals surface area contributed by atoms with E-state index in [4.69, 9.17) is 32.7 Å². The van der Waals surface area contributed by atoms with Gasteiger partial charge in [-0.2, -0.15) is 0 Å². The summed E-state index contributed by atoms with van der Waals surface area (Å²) in [5.41, 5.74) is 0.437. The van der Waals surface area contributed by atoms with Gasteiger partial charge >= 0.3 is 0 Å². The summed E-state index contributed by atoms with van der Waals surface area (Å²) in [6.07, 6.45) is 1.98. The van der Waals surface area contributed by atoms with Crippen molar-refractivity contribution in [2.24, 2.45) is 0 Å². The lowest BCUT2D eigenvalue weighted by Crippen LogP contribution is -2.40. The highest BCUT2D eigenvalue weighted by Gasteiger charge is 2.23. The van der Waals surface area contributed by atoms with Crippen molar-refractivity contribution in [2.75, 3.05) is 31.6 Å². The van der Waals surface area contributed by atoms with Gasteiger partial charge in [0.1, 0.15) is 26.0 Å². The van der Waals surface area contributed by atoms with Crippen molar-refractivity contribution >= 4 is 40.7 Å². The molecule has 0 bridgehead atoms. The molecule has 0 spiro atoms. The van der Waals surface area contributed by atoms with Crippen molar-refractivity contribution in [1.29, 1.82) is 0 Å². The Bertz CT molecular complexity index is 649. The number of anilines is 1. The van der Waals surface area contributed by atoms with E-state index in [0.717, 1.165) is 0 Å². The molecule has 0 radical (unpaired) electrons. The molecular formula is C16H18Cl2N2O4. The van der Waals surface area contributed by atoms with E-state index in [-0.39, 0.29) is 24.1 Å². The first kappa shape index (κ1) is 18.4. The van der Waals surface area contributed by atoms with Crippen LogP contribution in [0, 0.1) is 0 Å². The van der Waals surface area contributed by atoms with Gasteiger partial charge in [0.25, 0.3) is 5.91 Å². The van der Waals surface area contributed by atoms with E-state index in [1.165, 1.54) is 17.2 Å². The van der Waals surface area contributed by atoms with Crippen LogP contribution in [0.3, 0.4) is 0 Å². The average molecular weight is 373 g/mol. The third-order valence-corrected chi connectivity index (χ3v) is 3.73. The predicted molar refractivity (Wildman–Crippen MR) is 91.9 cm³/mol. The minimum Gasteiger partial charge on any atom is -0.494 e. The van der Waals surface area contributed by atoms with Crippen LogP contribution in [0.4, 0.5) is 5.69 Å². The van der Waals surface area contributed by atoms with Crippen LogP contribution in [0.5, 0.6) is 0 Å². The monoisotopic (exact) mass is 372 g/mol. The Morgan fingerprint density at radius 3 is 2.71 bits per heavy atom. The van der Waals surface area contributed by atoms with Gasteiger partial charge in [-0.05, 0) is 24.6 Å². The number of nitrogens with one attached hydrogen (secondary N) is 1. The van der Waals surface area contributed by atoms with E-state index in [1.54, 1.807) is 12.1 Å². The molecular weight excluding hydrogens is 355 g/mol. The Labute approximate surface area is 150 Å². The molecule has 1 heterocycles. The molecule has 24 heavy (non-hydrogen) atoms. The second-order valence-corrected chi connectivity index (χ2v) is 5.94. The third-order valence-electron chi connectivity index (χ3n) is 3.18. The van der Waals surface area contributed by atoms with Gasteiger partial charge in [0.05, 0.1) is 10.7 Å². The highest BCUT2D eigenvalue weighted by atomic mass is 35.5. The standard InChI is InChI=1S/C16H18Cl2N2O4/c1-2-5-20(16(22)14-10-23-6-7-24-14)9-15(21)19-13-4-3-11(17)8-12(13)18/h3-4,8,10H,2,5-7,9H2,1H3,(H,19,21). The predicted octanol–water partition coefficient (Wildman–Crippen LogP) is 3.06. The van der Waals surface area contributed by atoms with E-state index < -0.39 is 0 Å². The van der Waals surface area contributed by atoms with Crippen molar-refractivity contribution in [3.8, 4) is 0 Å². The van der Waals surface area contributed by atoms with Crippen molar-refractivity contribution in [2.45, 2.75) is 13.3 Å². The second-order valence-electron chi connectivity index (χ2n) is 5.10. The van der Waals surface area contributed by atoms with Gasteiger partial charge in [-0.15, -0.1) is 0 Å². The molecule has 0 aromatic heterocycles. The molecule has 2 amide bonds. The number of ether oxygens (including phenoxy) is 2. The summed E-state index contributed by atoms with van der Waals surface area (Å²) in [6.45, 7) is 2.93. The zero-order valence-electron chi connectivity index (χ0n) is 13.2. The number of hydrogen-bond donors (Lipinski definition) is 1. The second kappa shape index (κ2) is 8.80. The molecule has 1 N–H and O–H groups in total. The van der Waals surface area contributed by atoms with E-state index in [1.807, 2.05) is 6.92 Å². The van der Waals surface area contributed by atoms with E-state index in [9.17, 15) is 9.59 Å². The maximum atomic E-state index is 12.4. The molecule has 0 fully saturated rings. The van der Waals surface area contributed by atoms with Crippen LogP contribution < -0.4 is 5.32 Å². The van der Waals surface area contributed by atoms with Gasteiger partial charge in [-0.3, -0.25) is 9.59 Å². The Balaban J connectivity index is 2.02. The fourth-order valence-corrected chi connectivity index (χ4v) is 2.57. The molecule has 0 aliphatic carbocycles. The lowest BCUT2D eigenvalue weighted by Gasteiger charge is -2.24. The normalized spacial score (nSPS) is 13.4. The summed E-state index contributed by atoms with van der Waals surface area (Å²) in [6, 6.07) is 4.76. The summed E-state index contributed by atoms with van der Waals surface area (Å²) in [7, 11) is 0. The van der Waals surface area contributed by atoms with E-state index in [0.29, 0.717) is 41.9 Å². The van der Waals surface area contributed by atoms with Crippen molar-refractivity contribution < 1.29 is 19.1 Å². The first-order chi connectivity index (χ1) is 11.5. The molecule has 2 rings (SSSR count). The van der Waals surface area contributed by atoms with Crippen LogP contribution in [-0.4, -0.2) is 43.0 Å². The topological polar surface area (TPSA) is 67.9 Å². The minimum absolute atomic E-state index is 0.104. The Kier molecular flexibility index (Phi) is 6.75. The Hall–Kier alpha value is -1.92. The van der Waals surface area contributed by atoms with Gasteiger partial charge in [0.15, 0.2) is 0 Å². The van der Waals surface area contributed by atoms with Crippen LogP contribution in [-0.2, 0) is 19.1 Å². The minimum atomic E-state index is -0.381. The van der Waals surface area contributed by atoms with E-state index in [2.05, 4.69) is 5.32 Å². The molecule has 1 aromatic carbocycles. The third kappa shape index (κ3) is 5.04. The van der Waals surface area contributed by atoms with Gasteiger partial charge in [0.2, 0.25) is 11.7 Å². The quantitative estimate of drug-likeness (QED) is 0.832. The molecule has 1 aliphatic rings. The first-order valence-electron chi connectivity index (χ1n) is 7.50. The van der Waals surface area contributed by atoms with Crippen LogP contribution >= 0.6 is 23.2 Å². The first-order valence-corrected chi connectivity index (χ1v) is 8.25. The van der Waals surface area contributed by atoms with Crippen molar-refractivity contribution in [3.63, 3.8) is 0 Å². The zero-order chi connectivity index (χ0) is 17.5. The number of amides is 2. The molecule has 0 saturated heterocycles. The van der Waals surface area contributed by atoms with Crippen LogP contribution in [0.25, 0.3) is 0 Å². The summed E-state index contributed by atoms with van der Waals surface area (Å²) < 4.78 is 10.4. The van der Waals surface area contributed by atoms with Crippen LogP contribution in [0.2, 0.25) is 10.0 Å². The number of hydrogen-bond acceptors (Lipinski definition) is 4. The number of carbonyl (C=O) groups is 2. The summed E-state index contributed by atoms with van der Waals surface area (Å²) >= 11 is 11.9. The number of halogens is 2. The van der Waals surface area contributed by atoms with Gasteiger partial charge in [0, 0.05) is 11.6 Å². The molecule has 0 atom stereocenters. The molecule has 8 heteroatoms. The smallest absolute Gasteiger partial charge is 0.292 e.